The molecule has 0 aromatic rings. The molecule has 0 bridgehead atoms. The summed E-state index contributed by atoms with van der Waals surface area (Å²) in [7, 11) is 0.373. The van der Waals surface area contributed by atoms with Gasteiger partial charge in [0.2, 0.25) is 0 Å². The van der Waals surface area contributed by atoms with E-state index in [-0.39, 0.29) is 0 Å². The summed E-state index contributed by atoms with van der Waals surface area (Å²) in [4.78, 5) is 0. The molecular formula is C45H98O6Si2. The van der Waals surface area contributed by atoms with Crippen molar-refractivity contribution in [2.45, 2.75) is 252 Å². The lowest BCUT2D eigenvalue weighted by Crippen LogP contribution is -2.45. The van der Waals surface area contributed by atoms with Crippen LogP contribution in [0.5, 0.6) is 0 Å². The van der Waals surface area contributed by atoms with Gasteiger partial charge in [0.1, 0.15) is 0 Å². The van der Waals surface area contributed by atoms with Crippen molar-refractivity contribution in [1.29, 1.82) is 0 Å². The summed E-state index contributed by atoms with van der Waals surface area (Å²) >= 11 is 0. The summed E-state index contributed by atoms with van der Waals surface area (Å²) in [6, 6.07) is 1.91. The molecule has 0 N–H and O–H groups in total. The van der Waals surface area contributed by atoms with Gasteiger partial charge < -0.3 is 26.6 Å². The Balaban J connectivity index is 0. The average molecular weight is 791 g/mol. The molecule has 0 fully saturated rings. The SMILES string of the molecule is CCCCCCCCCCCCCCCCCC[Si](OC)(OC)OC.CCCCCCCCCCCCCCCCCC[Si](OCC)(OCC)OCC. The van der Waals surface area contributed by atoms with Crippen molar-refractivity contribution in [3.8, 4) is 0 Å². The molecule has 0 saturated heterocycles. The van der Waals surface area contributed by atoms with Gasteiger partial charge in [-0.25, -0.2) is 0 Å². The van der Waals surface area contributed by atoms with Crippen molar-refractivity contribution in [2.75, 3.05) is 41.2 Å². The van der Waals surface area contributed by atoms with Gasteiger partial charge in [-0.3, -0.25) is 0 Å². The van der Waals surface area contributed by atoms with Gasteiger partial charge >= 0.3 is 17.6 Å². The zero-order chi connectivity index (χ0) is 39.4. The fraction of sp³-hybridized carbons (Fsp3) is 1.00. The maximum atomic E-state index is 5.93. The highest BCUT2D eigenvalue weighted by Crippen LogP contribution is 2.22. The van der Waals surface area contributed by atoms with Crippen LogP contribution in [0, 0.1) is 0 Å². The van der Waals surface area contributed by atoms with Crippen molar-refractivity contribution < 1.29 is 26.6 Å². The van der Waals surface area contributed by atoms with Crippen LogP contribution in [0.3, 0.4) is 0 Å². The van der Waals surface area contributed by atoms with Crippen LogP contribution in [0.4, 0.5) is 0 Å². The molecule has 0 spiro atoms. The first-order valence-electron chi connectivity index (χ1n) is 23.6. The second-order valence-electron chi connectivity index (χ2n) is 15.4. The average Bonchev–Trinajstić information content (AvgIpc) is 3.17. The zero-order valence-electron chi connectivity index (χ0n) is 37.6. The maximum absolute atomic E-state index is 5.93. The third-order valence-corrected chi connectivity index (χ3v) is 16.7. The fourth-order valence-electron chi connectivity index (χ4n) is 7.34. The summed E-state index contributed by atoms with van der Waals surface area (Å²) in [5, 5.41) is 0. The Morgan fingerprint density at radius 1 is 0.245 bits per heavy atom. The van der Waals surface area contributed by atoms with E-state index in [0.29, 0.717) is 19.8 Å². The molecule has 0 aliphatic carbocycles. The standard InChI is InChI=1S/C24H52O3Si.C21H46O3Si/c1-5-9-10-11-12-13-14-15-16-17-18-19-20-21-22-23-24-28(25-6-2,26-7-3)27-8-4;1-5-6-7-8-9-10-11-12-13-14-15-16-17-18-19-20-21-25(22-2,23-3)24-4/h5-24H2,1-4H3;5-21H2,1-4H3. The zero-order valence-corrected chi connectivity index (χ0v) is 39.6. The summed E-state index contributed by atoms with van der Waals surface area (Å²) < 4.78 is 34.2. The van der Waals surface area contributed by atoms with Gasteiger partial charge in [-0.2, -0.15) is 0 Å². The van der Waals surface area contributed by atoms with E-state index in [9.17, 15) is 0 Å². The van der Waals surface area contributed by atoms with Crippen molar-refractivity contribution in [3.63, 3.8) is 0 Å². The van der Waals surface area contributed by atoms with Gasteiger partial charge in [-0.05, 0) is 33.6 Å². The Morgan fingerprint density at radius 3 is 0.623 bits per heavy atom. The monoisotopic (exact) mass is 791 g/mol. The normalized spacial score (nSPS) is 12.0. The lowest BCUT2D eigenvalue weighted by molar-refractivity contribution is 0.0706. The van der Waals surface area contributed by atoms with Crippen LogP contribution < -0.4 is 0 Å². The molecule has 53 heavy (non-hydrogen) atoms. The molecule has 6 nitrogen and oxygen atoms in total. The van der Waals surface area contributed by atoms with Crippen LogP contribution in [0.2, 0.25) is 12.1 Å². The van der Waals surface area contributed by atoms with E-state index in [1.165, 1.54) is 199 Å². The smallest absolute Gasteiger partial charge is 0.377 e. The Bertz CT molecular complexity index is 642. The molecule has 0 unspecified atom stereocenters. The highest BCUT2D eigenvalue weighted by atomic mass is 28.4. The van der Waals surface area contributed by atoms with Gasteiger partial charge in [0.15, 0.2) is 0 Å². The summed E-state index contributed by atoms with van der Waals surface area (Å²) in [6.45, 7) is 12.7. The van der Waals surface area contributed by atoms with E-state index in [4.69, 9.17) is 26.6 Å². The number of hydrogen-bond acceptors (Lipinski definition) is 6. The van der Waals surface area contributed by atoms with Gasteiger partial charge in [-0.1, -0.05) is 206 Å². The largest absolute Gasteiger partial charge is 0.500 e. The van der Waals surface area contributed by atoms with Gasteiger partial charge in [0, 0.05) is 53.2 Å². The minimum absolute atomic E-state index is 0.686. The Hall–Kier alpha value is 0.194. The predicted molar refractivity (Wildman–Crippen MR) is 236 cm³/mol. The molecule has 8 heteroatoms. The lowest BCUT2D eigenvalue weighted by Gasteiger charge is -2.28. The molecule has 0 aliphatic rings. The van der Waals surface area contributed by atoms with Crippen LogP contribution in [0.1, 0.15) is 240 Å². The number of hydrogen-bond donors (Lipinski definition) is 0. The van der Waals surface area contributed by atoms with Crippen molar-refractivity contribution in [3.05, 3.63) is 0 Å². The molecule has 0 aromatic carbocycles. The molecule has 0 atom stereocenters. The van der Waals surface area contributed by atoms with Crippen molar-refractivity contribution in [2.24, 2.45) is 0 Å². The van der Waals surface area contributed by atoms with E-state index in [1.54, 1.807) is 21.3 Å². The topological polar surface area (TPSA) is 55.4 Å². The first kappa shape index (κ1) is 55.3. The van der Waals surface area contributed by atoms with Crippen LogP contribution in [-0.2, 0) is 26.6 Å². The lowest BCUT2D eigenvalue weighted by atomic mass is 10.0. The molecule has 0 aliphatic heterocycles. The quantitative estimate of drug-likeness (QED) is 0.0453. The molecule has 0 saturated carbocycles. The Labute approximate surface area is 336 Å². The van der Waals surface area contributed by atoms with E-state index in [1.807, 2.05) is 20.8 Å². The number of unbranched alkanes of at least 4 members (excludes halogenated alkanes) is 30. The number of rotatable bonds is 43. The van der Waals surface area contributed by atoms with Gasteiger partial charge in [0.25, 0.3) is 0 Å². The molecule has 0 aromatic heterocycles. The highest BCUT2D eigenvalue weighted by molar-refractivity contribution is 6.61. The fourth-order valence-corrected chi connectivity index (χ4v) is 11.8. The van der Waals surface area contributed by atoms with E-state index in [0.717, 1.165) is 18.5 Å². The summed E-state index contributed by atoms with van der Waals surface area (Å²) in [6.07, 6.45) is 44.7. The first-order valence-corrected chi connectivity index (χ1v) is 27.4. The minimum atomic E-state index is -2.40. The van der Waals surface area contributed by atoms with E-state index >= 15 is 0 Å². The second kappa shape index (κ2) is 44.9. The van der Waals surface area contributed by atoms with Crippen LogP contribution >= 0.6 is 0 Å². The minimum Gasteiger partial charge on any atom is -0.377 e. The van der Waals surface area contributed by atoms with Gasteiger partial charge in [0.05, 0.1) is 0 Å². The molecule has 0 heterocycles. The highest BCUT2D eigenvalue weighted by Gasteiger charge is 2.39. The summed E-state index contributed by atoms with van der Waals surface area (Å²) in [5.74, 6) is 0. The molecule has 0 rings (SSSR count). The van der Waals surface area contributed by atoms with Crippen molar-refractivity contribution in [1.82, 2.24) is 0 Å². The van der Waals surface area contributed by atoms with Crippen LogP contribution in [0.15, 0.2) is 0 Å². The molecular weight excluding hydrogens is 693 g/mol. The van der Waals surface area contributed by atoms with Gasteiger partial charge in [-0.15, -0.1) is 0 Å². The van der Waals surface area contributed by atoms with E-state index in [2.05, 4.69) is 13.8 Å². The van der Waals surface area contributed by atoms with Crippen molar-refractivity contribution >= 4 is 17.6 Å². The van der Waals surface area contributed by atoms with Crippen LogP contribution in [-0.4, -0.2) is 58.8 Å². The Morgan fingerprint density at radius 2 is 0.434 bits per heavy atom. The molecule has 0 amide bonds. The summed E-state index contributed by atoms with van der Waals surface area (Å²) in [5.41, 5.74) is 0. The maximum Gasteiger partial charge on any atom is 0.500 e. The van der Waals surface area contributed by atoms with Crippen LogP contribution in [0.25, 0.3) is 0 Å². The third-order valence-electron chi connectivity index (χ3n) is 10.7. The molecule has 322 valence electrons. The van der Waals surface area contributed by atoms with E-state index < -0.39 is 17.6 Å². The molecule has 0 radical (unpaired) electrons. The Kier molecular flexibility index (Phi) is 46.8. The first-order chi connectivity index (χ1) is 26.0. The second-order valence-corrected chi connectivity index (χ2v) is 21.2. The third kappa shape index (κ3) is 37.5. The predicted octanol–water partition coefficient (Wildman–Crippen LogP) is 15.4.